The van der Waals surface area contributed by atoms with E-state index in [4.69, 9.17) is 5.73 Å². The van der Waals surface area contributed by atoms with Crippen LogP contribution in [0, 0.1) is 11.6 Å². The molecule has 0 aliphatic rings. The van der Waals surface area contributed by atoms with Crippen molar-refractivity contribution in [1.29, 1.82) is 0 Å². The zero-order valence-corrected chi connectivity index (χ0v) is 9.45. The third kappa shape index (κ3) is 2.15. The summed E-state index contributed by atoms with van der Waals surface area (Å²) < 4.78 is 28.4. The lowest BCUT2D eigenvalue weighted by atomic mass is 10.1. The van der Waals surface area contributed by atoms with Crippen LogP contribution in [0.3, 0.4) is 0 Å². The van der Waals surface area contributed by atoms with Crippen LogP contribution in [0.5, 0.6) is 0 Å². The number of nitrogens with two attached hydrogens (primary N) is 1. The maximum Gasteiger partial charge on any atom is 0.261 e. The number of aryl methyl sites for hydroxylation is 1. The van der Waals surface area contributed by atoms with Crippen molar-refractivity contribution in [2.45, 2.75) is 0 Å². The van der Waals surface area contributed by atoms with Crippen molar-refractivity contribution in [3.05, 3.63) is 41.7 Å². The Kier molecular flexibility index (Phi) is 2.97. The summed E-state index contributed by atoms with van der Waals surface area (Å²) in [6.45, 7) is 0. The summed E-state index contributed by atoms with van der Waals surface area (Å²) in [5, 5.41) is 6.15. The SMILES string of the molecule is Cn1cc(NC(=O)c2c(F)ccc(N)c2F)cn1. The standard InChI is InChI=1S/C11H10F2N4O/c1-17-5-6(4-15-17)16-11(18)9-7(12)2-3-8(14)10(9)13/h2-5H,14H2,1H3,(H,16,18). The van der Waals surface area contributed by atoms with Crippen molar-refractivity contribution in [3.8, 4) is 0 Å². The van der Waals surface area contributed by atoms with E-state index < -0.39 is 23.1 Å². The van der Waals surface area contributed by atoms with Crippen LogP contribution in [0.1, 0.15) is 10.4 Å². The molecule has 3 N–H and O–H groups in total. The van der Waals surface area contributed by atoms with Gasteiger partial charge in [-0.1, -0.05) is 0 Å². The average Bonchev–Trinajstić information content (AvgIpc) is 2.70. The molecule has 94 valence electrons. The molecule has 0 spiro atoms. The highest BCUT2D eigenvalue weighted by Gasteiger charge is 2.19. The van der Waals surface area contributed by atoms with Gasteiger partial charge in [-0.25, -0.2) is 8.78 Å². The molecule has 0 fully saturated rings. The molecule has 0 aliphatic heterocycles. The highest BCUT2D eigenvalue weighted by atomic mass is 19.1. The highest BCUT2D eigenvalue weighted by molar-refractivity contribution is 6.05. The first-order valence-electron chi connectivity index (χ1n) is 5.02. The molecule has 2 aromatic rings. The Bertz CT molecular complexity index is 609. The van der Waals surface area contributed by atoms with Crippen LogP contribution < -0.4 is 11.1 Å². The molecule has 0 radical (unpaired) electrons. The molecule has 0 atom stereocenters. The maximum atomic E-state index is 13.6. The monoisotopic (exact) mass is 252 g/mol. The summed E-state index contributed by atoms with van der Waals surface area (Å²) in [5.41, 5.74) is 4.63. The summed E-state index contributed by atoms with van der Waals surface area (Å²) in [6.07, 6.45) is 2.86. The van der Waals surface area contributed by atoms with Gasteiger partial charge in [0.2, 0.25) is 0 Å². The molecule has 0 bridgehead atoms. The molecule has 1 heterocycles. The van der Waals surface area contributed by atoms with E-state index in [-0.39, 0.29) is 5.69 Å². The van der Waals surface area contributed by atoms with Gasteiger partial charge < -0.3 is 11.1 Å². The van der Waals surface area contributed by atoms with Crippen molar-refractivity contribution in [2.24, 2.45) is 7.05 Å². The number of halogens is 2. The summed E-state index contributed by atoms with van der Waals surface area (Å²) in [5.74, 6) is -2.95. The van der Waals surface area contributed by atoms with E-state index in [9.17, 15) is 13.6 Å². The van der Waals surface area contributed by atoms with Gasteiger partial charge in [0.25, 0.3) is 5.91 Å². The first-order chi connectivity index (χ1) is 8.49. The summed E-state index contributed by atoms with van der Waals surface area (Å²) in [7, 11) is 1.65. The van der Waals surface area contributed by atoms with Gasteiger partial charge in [-0.15, -0.1) is 0 Å². The number of benzene rings is 1. The summed E-state index contributed by atoms with van der Waals surface area (Å²) >= 11 is 0. The number of hydrogen-bond acceptors (Lipinski definition) is 3. The quantitative estimate of drug-likeness (QED) is 0.796. The van der Waals surface area contributed by atoms with Crippen molar-refractivity contribution < 1.29 is 13.6 Å². The minimum absolute atomic E-state index is 0.285. The number of nitrogens with one attached hydrogen (secondary N) is 1. The van der Waals surface area contributed by atoms with Crippen LogP contribution in [-0.2, 0) is 7.05 Å². The molecule has 5 nitrogen and oxygen atoms in total. The molecule has 1 aromatic heterocycles. The highest BCUT2D eigenvalue weighted by Crippen LogP contribution is 2.19. The lowest BCUT2D eigenvalue weighted by Crippen LogP contribution is -2.16. The Balaban J connectivity index is 2.32. The smallest absolute Gasteiger partial charge is 0.261 e. The fourth-order valence-corrected chi connectivity index (χ4v) is 1.46. The van der Waals surface area contributed by atoms with Gasteiger partial charge >= 0.3 is 0 Å². The lowest BCUT2D eigenvalue weighted by Gasteiger charge is -2.06. The van der Waals surface area contributed by atoms with E-state index in [0.29, 0.717) is 5.69 Å². The predicted molar refractivity (Wildman–Crippen MR) is 61.9 cm³/mol. The Morgan fingerprint density at radius 2 is 2.17 bits per heavy atom. The number of nitrogens with zero attached hydrogens (tertiary/aromatic N) is 2. The van der Waals surface area contributed by atoms with Crippen LogP contribution in [0.4, 0.5) is 20.2 Å². The molecule has 18 heavy (non-hydrogen) atoms. The zero-order valence-electron chi connectivity index (χ0n) is 9.45. The number of nitrogen functional groups attached to an aromatic ring is 1. The van der Waals surface area contributed by atoms with E-state index in [2.05, 4.69) is 10.4 Å². The van der Waals surface area contributed by atoms with E-state index in [1.54, 1.807) is 7.05 Å². The van der Waals surface area contributed by atoms with Gasteiger partial charge in [-0.05, 0) is 12.1 Å². The average molecular weight is 252 g/mol. The minimum atomic E-state index is -1.07. The second-order valence-corrected chi connectivity index (χ2v) is 3.68. The number of rotatable bonds is 2. The molecule has 0 unspecified atom stereocenters. The van der Waals surface area contributed by atoms with Crippen LogP contribution in [0.25, 0.3) is 0 Å². The number of carbonyl (C=O) groups excluding carboxylic acids is 1. The molecule has 2 rings (SSSR count). The second-order valence-electron chi connectivity index (χ2n) is 3.68. The molecule has 0 aliphatic carbocycles. The van der Waals surface area contributed by atoms with Gasteiger partial charge in [0.1, 0.15) is 11.4 Å². The first kappa shape index (κ1) is 12.0. The van der Waals surface area contributed by atoms with Gasteiger partial charge in [-0.3, -0.25) is 9.48 Å². The topological polar surface area (TPSA) is 72.9 Å². The van der Waals surface area contributed by atoms with Gasteiger partial charge in [0, 0.05) is 13.2 Å². The predicted octanol–water partition coefficient (Wildman–Crippen LogP) is 1.53. The largest absolute Gasteiger partial charge is 0.396 e. The number of carbonyl (C=O) groups is 1. The van der Waals surface area contributed by atoms with Crippen LogP contribution in [0.2, 0.25) is 0 Å². The molecular weight excluding hydrogens is 242 g/mol. The van der Waals surface area contributed by atoms with Crippen molar-refractivity contribution in [1.82, 2.24) is 9.78 Å². The van der Waals surface area contributed by atoms with Gasteiger partial charge in [-0.2, -0.15) is 5.10 Å². The number of amides is 1. The van der Waals surface area contributed by atoms with Crippen LogP contribution in [0.15, 0.2) is 24.5 Å². The summed E-state index contributed by atoms with van der Waals surface area (Å²) in [6, 6.07) is 2.00. The minimum Gasteiger partial charge on any atom is -0.396 e. The Morgan fingerprint density at radius 1 is 1.44 bits per heavy atom. The van der Waals surface area contributed by atoms with Crippen molar-refractivity contribution >= 4 is 17.3 Å². The third-order valence-corrected chi connectivity index (χ3v) is 2.31. The van der Waals surface area contributed by atoms with E-state index in [1.165, 1.54) is 17.1 Å². The van der Waals surface area contributed by atoms with E-state index in [0.717, 1.165) is 12.1 Å². The fourth-order valence-electron chi connectivity index (χ4n) is 1.46. The van der Waals surface area contributed by atoms with Crippen molar-refractivity contribution in [3.63, 3.8) is 0 Å². The number of aromatic nitrogens is 2. The third-order valence-electron chi connectivity index (χ3n) is 2.31. The lowest BCUT2D eigenvalue weighted by molar-refractivity contribution is 0.101. The van der Waals surface area contributed by atoms with Gasteiger partial charge in [0.15, 0.2) is 5.82 Å². The zero-order chi connectivity index (χ0) is 13.3. The van der Waals surface area contributed by atoms with E-state index in [1.807, 2.05) is 0 Å². The van der Waals surface area contributed by atoms with Gasteiger partial charge in [0.05, 0.1) is 17.6 Å². The molecule has 1 amide bonds. The molecule has 0 saturated carbocycles. The maximum absolute atomic E-state index is 13.6. The van der Waals surface area contributed by atoms with Crippen LogP contribution in [-0.4, -0.2) is 15.7 Å². The van der Waals surface area contributed by atoms with Crippen molar-refractivity contribution in [2.75, 3.05) is 11.1 Å². The number of hydrogen-bond donors (Lipinski definition) is 2. The van der Waals surface area contributed by atoms with Crippen LogP contribution >= 0.6 is 0 Å². The normalized spacial score (nSPS) is 10.4. The molecular formula is C11H10F2N4O. The summed E-state index contributed by atoms with van der Waals surface area (Å²) in [4.78, 5) is 11.7. The Labute approximate surface area is 101 Å². The second kappa shape index (κ2) is 4.44. The Morgan fingerprint density at radius 3 is 2.78 bits per heavy atom. The molecule has 1 aromatic carbocycles. The van der Waals surface area contributed by atoms with E-state index >= 15 is 0 Å². The fraction of sp³-hybridized carbons (Fsp3) is 0.0909. The number of anilines is 2. The molecule has 7 heteroatoms. The Hall–Kier alpha value is -2.44. The molecule has 0 saturated heterocycles. The first-order valence-corrected chi connectivity index (χ1v) is 5.02.